The van der Waals surface area contributed by atoms with Gasteiger partial charge in [-0.3, -0.25) is 4.79 Å². The molecule has 1 rings (SSSR count). The van der Waals surface area contributed by atoms with Gasteiger partial charge in [0.05, 0.1) is 5.54 Å². The molecule has 0 bridgehead atoms. The van der Waals surface area contributed by atoms with Gasteiger partial charge in [0.1, 0.15) is 0 Å². The van der Waals surface area contributed by atoms with Crippen LogP contribution in [0.5, 0.6) is 0 Å². The highest BCUT2D eigenvalue weighted by atomic mass is 16.1. The zero-order chi connectivity index (χ0) is 13.2. The fraction of sp³-hybridized carbons (Fsp3) is 0.533. The van der Waals surface area contributed by atoms with Crippen LogP contribution >= 0.6 is 0 Å². The Kier molecular flexibility index (Phi) is 4.10. The number of rotatable bonds is 4. The van der Waals surface area contributed by atoms with Crippen LogP contribution in [0.4, 0.5) is 0 Å². The maximum Gasteiger partial charge on any atom is 0.182 e. The first kappa shape index (κ1) is 13.9. The van der Waals surface area contributed by atoms with E-state index in [1.54, 1.807) is 0 Å². The van der Waals surface area contributed by atoms with E-state index in [1.807, 2.05) is 33.8 Å². The van der Waals surface area contributed by atoms with Gasteiger partial charge in [0.15, 0.2) is 5.78 Å². The minimum atomic E-state index is -0.716. The minimum Gasteiger partial charge on any atom is -0.319 e. The number of benzene rings is 1. The number of Topliss-reactive ketones (excluding diaryl/α,β-unsaturated/α-hetero) is 1. The van der Waals surface area contributed by atoms with Gasteiger partial charge in [-0.25, -0.2) is 0 Å². The van der Waals surface area contributed by atoms with E-state index in [4.69, 9.17) is 5.73 Å². The van der Waals surface area contributed by atoms with Gasteiger partial charge in [0, 0.05) is 5.56 Å². The highest BCUT2D eigenvalue weighted by Crippen LogP contribution is 2.23. The maximum atomic E-state index is 12.5. The second-order valence-electron chi connectivity index (χ2n) is 4.94. The van der Waals surface area contributed by atoms with E-state index in [-0.39, 0.29) is 5.78 Å². The van der Waals surface area contributed by atoms with Crippen molar-refractivity contribution in [3.05, 3.63) is 34.4 Å². The summed E-state index contributed by atoms with van der Waals surface area (Å²) in [7, 11) is 0. The fourth-order valence-electron chi connectivity index (χ4n) is 2.04. The van der Waals surface area contributed by atoms with E-state index in [0.29, 0.717) is 12.8 Å². The van der Waals surface area contributed by atoms with Gasteiger partial charge in [-0.15, -0.1) is 0 Å². The van der Waals surface area contributed by atoms with Crippen molar-refractivity contribution in [2.24, 2.45) is 5.73 Å². The largest absolute Gasteiger partial charge is 0.319 e. The number of hydrogen-bond acceptors (Lipinski definition) is 2. The van der Waals surface area contributed by atoms with E-state index in [1.165, 1.54) is 5.56 Å². The van der Waals surface area contributed by atoms with Gasteiger partial charge in [-0.1, -0.05) is 19.9 Å². The highest BCUT2D eigenvalue weighted by Gasteiger charge is 2.31. The van der Waals surface area contributed by atoms with Crippen LogP contribution in [0.2, 0.25) is 0 Å². The molecule has 2 nitrogen and oxygen atoms in total. The van der Waals surface area contributed by atoms with Crippen LogP contribution in [0.3, 0.4) is 0 Å². The molecule has 0 spiro atoms. The van der Waals surface area contributed by atoms with Crippen molar-refractivity contribution in [1.29, 1.82) is 0 Å². The lowest BCUT2D eigenvalue weighted by molar-refractivity contribution is 0.0879. The zero-order valence-corrected chi connectivity index (χ0v) is 11.6. The van der Waals surface area contributed by atoms with Crippen LogP contribution in [-0.4, -0.2) is 11.3 Å². The first-order chi connectivity index (χ1) is 7.85. The first-order valence-corrected chi connectivity index (χ1v) is 6.27. The molecule has 0 aromatic heterocycles. The van der Waals surface area contributed by atoms with Crippen molar-refractivity contribution >= 4 is 5.78 Å². The molecule has 0 radical (unpaired) electrons. The van der Waals surface area contributed by atoms with E-state index < -0.39 is 5.54 Å². The monoisotopic (exact) mass is 233 g/mol. The van der Waals surface area contributed by atoms with Crippen molar-refractivity contribution in [3.8, 4) is 0 Å². The lowest BCUT2D eigenvalue weighted by Crippen LogP contribution is -2.47. The van der Waals surface area contributed by atoms with E-state index >= 15 is 0 Å². The van der Waals surface area contributed by atoms with Gasteiger partial charge < -0.3 is 5.73 Å². The fourth-order valence-corrected chi connectivity index (χ4v) is 2.04. The summed E-state index contributed by atoms with van der Waals surface area (Å²) in [4.78, 5) is 12.5. The first-order valence-electron chi connectivity index (χ1n) is 6.27. The Morgan fingerprint density at radius 1 is 1.06 bits per heavy atom. The second kappa shape index (κ2) is 5.01. The molecule has 2 N–H and O–H groups in total. The van der Waals surface area contributed by atoms with Crippen LogP contribution in [0, 0.1) is 20.8 Å². The Hall–Kier alpha value is -1.15. The number of carbonyl (C=O) groups is 1. The predicted molar refractivity (Wildman–Crippen MR) is 72.5 cm³/mol. The molecule has 1 aromatic carbocycles. The third-order valence-electron chi connectivity index (χ3n) is 3.80. The predicted octanol–water partition coefficient (Wildman–Crippen LogP) is 3.31. The van der Waals surface area contributed by atoms with Crippen molar-refractivity contribution < 1.29 is 4.79 Å². The topological polar surface area (TPSA) is 43.1 Å². The summed E-state index contributed by atoms with van der Waals surface area (Å²) in [6.45, 7) is 10.0. The Morgan fingerprint density at radius 2 is 1.53 bits per heavy atom. The molecule has 0 amide bonds. The summed E-state index contributed by atoms with van der Waals surface area (Å²) >= 11 is 0. The van der Waals surface area contributed by atoms with E-state index in [2.05, 4.69) is 13.0 Å². The molecule has 0 aliphatic carbocycles. The van der Waals surface area contributed by atoms with Crippen molar-refractivity contribution in [2.45, 2.75) is 53.0 Å². The molecule has 17 heavy (non-hydrogen) atoms. The molecule has 0 atom stereocenters. The van der Waals surface area contributed by atoms with Crippen LogP contribution in [0.1, 0.15) is 53.7 Å². The average Bonchev–Trinajstić information content (AvgIpc) is 2.32. The molecule has 1 aromatic rings. The quantitative estimate of drug-likeness (QED) is 0.811. The van der Waals surface area contributed by atoms with Crippen molar-refractivity contribution in [1.82, 2.24) is 0 Å². The summed E-state index contributed by atoms with van der Waals surface area (Å²) in [6.07, 6.45) is 1.35. The Morgan fingerprint density at radius 3 is 2.00 bits per heavy atom. The molecule has 0 saturated carbocycles. The molecule has 0 heterocycles. The van der Waals surface area contributed by atoms with Crippen LogP contribution in [-0.2, 0) is 0 Å². The summed E-state index contributed by atoms with van der Waals surface area (Å²) in [5.41, 5.74) is 9.63. The van der Waals surface area contributed by atoms with Gasteiger partial charge in [-0.05, 0) is 56.4 Å². The van der Waals surface area contributed by atoms with Crippen LogP contribution in [0.25, 0.3) is 0 Å². The maximum absolute atomic E-state index is 12.5. The van der Waals surface area contributed by atoms with Gasteiger partial charge >= 0.3 is 0 Å². The molecule has 94 valence electrons. The molecule has 0 aliphatic heterocycles. The van der Waals surface area contributed by atoms with Crippen LogP contribution in [0.15, 0.2) is 12.1 Å². The van der Waals surface area contributed by atoms with Crippen LogP contribution < -0.4 is 5.73 Å². The Bertz CT molecular complexity index is 431. The normalized spacial score (nSPS) is 11.6. The molecule has 2 heteroatoms. The van der Waals surface area contributed by atoms with Gasteiger partial charge in [0.2, 0.25) is 0 Å². The standard InChI is InChI=1S/C15H23NO/c1-6-15(16,7-2)14(17)13-9-11(4)10(3)8-12(13)5/h8-9H,6-7,16H2,1-5H3. The number of ketones is 1. The van der Waals surface area contributed by atoms with E-state index in [9.17, 15) is 4.79 Å². The second-order valence-corrected chi connectivity index (χ2v) is 4.94. The lowest BCUT2D eigenvalue weighted by atomic mass is 9.83. The van der Waals surface area contributed by atoms with Gasteiger partial charge in [-0.2, -0.15) is 0 Å². The number of nitrogens with two attached hydrogens (primary N) is 1. The summed E-state index contributed by atoms with van der Waals surface area (Å²) in [5, 5.41) is 0. The highest BCUT2D eigenvalue weighted by molar-refractivity contribution is 6.04. The molecule has 0 fully saturated rings. The SMILES string of the molecule is CCC(N)(CC)C(=O)c1cc(C)c(C)cc1C. The van der Waals surface area contributed by atoms with Gasteiger partial charge in [0.25, 0.3) is 0 Å². The van der Waals surface area contributed by atoms with Crippen molar-refractivity contribution in [3.63, 3.8) is 0 Å². The lowest BCUT2D eigenvalue weighted by Gasteiger charge is -2.26. The summed E-state index contributed by atoms with van der Waals surface area (Å²) < 4.78 is 0. The Labute approximate surface area is 104 Å². The molecule has 0 saturated heterocycles. The molecule has 0 unspecified atom stereocenters. The number of aryl methyl sites for hydroxylation is 3. The van der Waals surface area contributed by atoms with E-state index in [0.717, 1.165) is 16.7 Å². The summed E-state index contributed by atoms with van der Waals surface area (Å²) in [6, 6.07) is 4.04. The van der Waals surface area contributed by atoms with Crippen molar-refractivity contribution in [2.75, 3.05) is 0 Å². The zero-order valence-electron chi connectivity index (χ0n) is 11.6. The molecule has 0 aliphatic rings. The number of carbonyl (C=O) groups excluding carboxylic acids is 1. The third-order valence-corrected chi connectivity index (χ3v) is 3.80. The Balaban J connectivity index is 3.26. The third kappa shape index (κ3) is 2.58. The minimum absolute atomic E-state index is 0.0723. The smallest absolute Gasteiger partial charge is 0.182 e. The summed E-state index contributed by atoms with van der Waals surface area (Å²) in [5.74, 6) is 0.0723. The molecular weight excluding hydrogens is 210 g/mol. The number of hydrogen-bond donors (Lipinski definition) is 1. The molecular formula is C15H23NO. The average molecular weight is 233 g/mol.